The van der Waals surface area contributed by atoms with Gasteiger partial charge in [-0.1, -0.05) is 12.1 Å². The van der Waals surface area contributed by atoms with Crippen LogP contribution in [-0.4, -0.2) is 29.1 Å². The molecule has 0 saturated carbocycles. The number of carbonyl (C=O) groups is 1. The van der Waals surface area contributed by atoms with Crippen molar-refractivity contribution in [3.8, 4) is 5.88 Å². The van der Waals surface area contributed by atoms with E-state index < -0.39 is 5.60 Å². The highest BCUT2D eigenvalue weighted by Crippen LogP contribution is 2.20. The summed E-state index contributed by atoms with van der Waals surface area (Å²) in [6.45, 7) is 3.89. The number of pyridine rings is 1. The van der Waals surface area contributed by atoms with Crippen LogP contribution in [0.3, 0.4) is 0 Å². The molecule has 1 unspecified atom stereocenters. The predicted molar refractivity (Wildman–Crippen MR) is 83.7 cm³/mol. The van der Waals surface area contributed by atoms with Gasteiger partial charge in [-0.2, -0.15) is 0 Å². The van der Waals surface area contributed by atoms with Crippen molar-refractivity contribution in [1.29, 1.82) is 0 Å². The van der Waals surface area contributed by atoms with E-state index in [1.54, 1.807) is 19.1 Å². The number of hydrogen-bond donors (Lipinski definition) is 2. The second-order valence-electron chi connectivity index (χ2n) is 5.28. The molecule has 1 heterocycles. The average molecular weight is 318 g/mol. The smallest absolute Gasteiger partial charge is 0.252 e. The third kappa shape index (κ3) is 4.50. The maximum absolute atomic E-state index is 12.9. The molecule has 2 N–H and O–H groups in total. The van der Waals surface area contributed by atoms with Crippen molar-refractivity contribution in [1.82, 2.24) is 10.3 Å². The fraction of sp³-hybridized carbons (Fsp3) is 0.294. The predicted octanol–water partition coefficient (Wildman–Crippen LogP) is 2.26. The number of nitrogens with zero attached hydrogens (tertiary/aromatic N) is 1. The first-order valence-corrected chi connectivity index (χ1v) is 7.28. The lowest BCUT2D eigenvalue weighted by atomic mass is 9.96. The lowest BCUT2D eigenvalue weighted by Crippen LogP contribution is -2.38. The van der Waals surface area contributed by atoms with E-state index in [0.29, 0.717) is 23.6 Å². The van der Waals surface area contributed by atoms with E-state index in [1.165, 1.54) is 30.5 Å². The van der Waals surface area contributed by atoms with Crippen LogP contribution in [0.4, 0.5) is 4.39 Å². The molecule has 2 aromatic rings. The van der Waals surface area contributed by atoms with Crippen LogP contribution in [0.2, 0.25) is 0 Å². The van der Waals surface area contributed by atoms with Crippen molar-refractivity contribution >= 4 is 5.91 Å². The zero-order valence-corrected chi connectivity index (χ0v) is 13.0. The molecule has 0 spiro atoms. The Balaban J connectivity index is 1.98. The number of rotatable bonds is 6. The van der Waals surface area contributed by atoms with Crippen LogP contribution >= 0.6 is 0 Å². The van der Waals surface area contributed by atoms with Crippen molar-refractivity contribution in [2.45, 2.75) is 19.4 Å². The summed E-state index contributed by atoms with van der Waals surface area (Å²) in [5.74, 6) is -0.292. The third-order valence-corrected chi connectivity index (χ3v) is 3.35. The third-order valence-electron chi connectivity index (χ3n) is 3.35. The molecule has 1 aromatic carbocycles. The molecule has 1 aromatic heterocycles. The summed E-state index contributed by atoms with van der Waals surface area (Å²) in [7, 11) is 0. The number of hydrogen-bond acceptors (Lipinski definition) is 4. The van der Waals surface area contributed by atoms with Gasteiger partial charge < -0.3 is 15.2 Å². The molecule has 1 amide bonds. The maximum atomic E-state index is 12.9. The Kier molecular flexibility index (Phi) is 5.28. The molecule has 122 valence electrons. The van der Waals surface area contributed by atoms with Gasteiger partial charge in [0, 0.05) is 12.3 Å². The first-order valence-electron chi connectivity index (χ1n) is 7.28. The number of nitrogens with one attached hydrogen (secondary N) is 1. The number of carbonyl (C=O) groups excluding carboxylic acids is 1. The van der Waals surface area contributed by atoms with E-state index in [9.17, 15) is 14.3 Å². The van der Waals surface area contributed by atoms with Crippen molar-refractivity contribution in [2.75, 3.05) is 13.2 Å². The topological polar surface area (TPSA) is 71.5 Å². The van der Waals surface area contributed by atoms with Crippen molar-refractivity contribution in [2.24, 2.45) is 0 Å². The van der Waals surface area contributed by atoms with Crippen LogP contribution < -0.4 is 10.1 Å². The van der Waals surface area contributed by atoms with Crippen LogP contribution in [-0.2, 0) is 5.60 Å². The van der Waals surface area contributed by atoms with Crippen molar-refractivity contribution in [3.05, 3.63) is 59.5 Å². The van der Waals surface area contributed by atoms with Crippen molar-refractivity contribution < 1.29 is 19.0 Å². The summed E-state index contributed by atoms with van der Waals surface area (Å²) in [6, 6.07) is 8.71. The standard InChI is InChI=1S/C17H19FN2O3/c1-3-23-15-9-4-12(10-19-15)16(21)20-11-17(2,22)13-5-7-14(18)8-6-13/h4-10,22H,3,11H2,1-2H3,(H,20,21). The highest BCUT2D eigenvalue weighted by Gasteiger charge is 2.24. The summed E-state index contributed by atoms with van der Waals surface area (Å²) in [4.78, 5) is 16.1. The lowest BCUT2D eigenvalue weighted by Gasteiger charge is -2.24. The summed E-state index contributed by atoms with van der Waals surface area (Å²) in [5.41, 5.74) is -0.422. The first-order chi connectivity index (χ1) is 10.9. The zero-order valence-electron chi connectivity index (χ0n) is 13.0. The van der Waals surface area contributed by atoms with Gasteiger partial charge in [0.1, 0.15) is 11.4 Å². The Morgan fingerprint density at radius 1 is 1.30 bits per heavy atom. The molecule has 23 heavy (non-hydrogen) atoms. The molecule has 0 radical (unpaired) electrons. The van der Waals surface area contributed by atoms with E-state index in [-0.39, 0.29) is 18.3 Å². The molecule has 2 rings (SSSR count). The molecule has 0 aliphatic carbocycles. The molecule has 0 saturated heterocycles. The number of aliphatic hydroxyl groups is 1. The Morgan fingerprint density at radius 3 is 2.57 bits per heavy atom. The number of benzene rings is 1. The lowest BCUT2D eigenvalue weighted by molar-refractivity contribution is 0.0525. The molecule has 1 atom stereocenters. The minimum Gasteiger partial charge on any atom is -0.478 e. The van der Waals surface area contributed by atoms with Gasteiger partial charge in [-0.15, -0.1) is 0 Å². The largest absolute Gasteiger partial charge is 0.478 e. The highest BCUT2D eigenvalue weighted by atomic mass is 19.1. The monoisotopic (exact) mass is 318 g/mol. The number of aromatic nitrogens is 1. The van der Waals surface area contributed by atoms with Crippen LogP contribution in [0.5, 0.6) is 5.88 Å². The SMILES string of the molecule is CCOc1ccc(C(=O)NCC(C)(O)c2ccc(F)cc2)cn1. The van der Waals surface area contributed by atoms with Crippen LogP contribution in [0, 0.1) is 5.82 Å². The first kappa shape index (κ1) is 16.9. The van der Waals surface area contributed by atoms with E-state index >= 15 is 0 Å². The minimum absolute atomic E-state index is 0.00925. The zero-order chi connectivity index (χ0) is 16.9. The van der Waals surface area contributed by atoms with Gasteiger partial charge in [0.25, 0.3) is 5.91 Å². The maximum Gasteiger partial charge on any atom is 0.252 e. The van der Waals surface area contributed by atoms with E-state index in [0.717, 1.165) is 0 Å². The number of amides is 1. The fourth-order valence-corrected chi connectivity index (χ4v) is 2.01. The summed E-state index contributed by atoms with van der Waals surface area (Å²) >= 11 is 0. The minimum atomic E-state index is -1.30. The summed E-state index contributed by atoms with van der Waals surface area (Å²) in [5, 5.41) is 13.1. The molecule has 0 bridgehead atoms. The van der Waals surface area contributed by atoms with Gasteiger partial charge in [0.15, 0.2) is 0 Å². The molecule has 0 fully saturated rings. The van der Waals surface area contributed by atoms with E-state index in [4.69, 9.17) is 4.74 Å². The highest BCUT2D eigenvalue weighted by molar-refractivity contribution is 5.93. The Hall–Kier alpha value is -2.47. The fourth-order valence-electron chi connectivity index (χ4n) is 2.01. The van der Waals surface area contributed by atoms with E-state index in [2.05, 4.69) is 10.3 Å². The Labute approximate surface area is 134 Å². The number of halogens is 1. The van der Waals surface area contributed by atoms with Gasteiger partial charge in [-0.3, -0.25) is 4.79 Å². The van der Waals surface area contributed by atoms with Gasteiger partial charge in [0.2, 0.25) is 5.88 Å². The van der Waals surface area contributed by atoms with Crippen LogP contribution in [0.15, 0.2) is 42.6 Å². The average Bonchev–Trinajstić information content (AvgIpc) is 2.54. The second-order valence-corrected chi connectivity index (χ2v) is 5.28. The normalized spacial score (nSPS) is 13.2. The Morgan fingerprint density at radius 2 is 2.00 bits per heavy atom. The molecule has 0 aliphatic heterocycles. The van der Waals surface area contributed by atoms with Crippen molar-refractivity contribution in [3.63, 3.8) is 0 Å². The molecular weight excluding hydrogens is 299 g/mol. The van der Waals surface area contributed by atoms with Crippen LogP contribution in [0.1, 0.15) is 29.8 Å². The van der Waals surface area contributed by atoms with Gasteiger partial charge in [0.05, 0.1) is 18.7 Å². The molecule has 0 aliphatic rings. The second kappa shape index (κ2) is 7.19. The molecule has 5 nitrogen and oxygen atoms in total. The molecule has 6 heteroatoms. The van der Waals surface area contributed by atoms with E-state index in [1.807, 2.05) is 6.92 Å². The van der Waals surface area contributed by atoms with Gasteiger partial charge >= 0.3 is 0 Å². The van der Waals surface area contributed by atoms with Crippen LogP contribution in [0.25, 0.3) is 0 Å². The molecular formula is C17H19FN2O3. The Bertz CT molecular complexity index is 655. The summed E-state index contributed by atoms with van der Waals surface area (Å²) in [6.07, 6.45) is 1.41. The number of ether oxygens (including phenoxy) is 1. The quantitative estimate of drug-likeness (QED) is 0.857. The van der Waals surface area contributed by atoms with Gasteiger partial charge in [-0.25, -0.2) is 9.37 Å². The summed E-state index contributed by atoms with van der Waals surface area (Å²) < 4.78 is 18.1. The van der Waals surface area contributed by atoms with Gasteiger partial charge in [-0.05, 0) is 37.6 Å².